The van der Waals surface area contributed by atoms with E-state index >= 15 is 0 Å². The van der Waals surface area contributed by atoms with Crippen LogP contribution < -0.4 is 5.32 Å². The van der Waals surface area contributed by atoms with Crippen molar-refractivity contribution in [3.63, 3.8) is 0 Å². The van der Waals surface area contributed by atoms with Crippen molar-refractivity contribution in [1.82, 2.24) is 0 Å². The maximum Gasteiger partial charge on any atom is 0.311 e. The monoisotopic (exact) mass is 235 g/mol. The van der Waals surface area contributed by atoms with E-state index < -0.39 is 11.9 Å². The number of fused-ring (bicyclic) bond motifs is 1. The third-order valence-electron chi connectivity index (χ3n) is 3.71. The lowest BCUT2D eigenvalue weighted by Crippen LogP contribution is -2.33. The number of aliphatic carboxylic acids is 1. The van der Waals surface area contributed by atoms with Gasteiger partial charge in [-0.3, -0.25) is 4.79 Å². The van der Waals surface area contributed by atoms with E-state index in [0.29, 0.717) is 23.6 Å². The third-order valence-corrected chi connectivity index (χ3v) is 3.71. The van der Waals surface area contributed by atoms with Crippen molar-refractivity contribution in [2.45, 2.75) is 31.2 Å². The van der Waals surface area contributed by atoms with E-state index in [1.54, 1.807) is 6.07 Å². The number of carboxylic acid groups (broad SMARTS) is 1. The largest absolute Gasteiger partial charge is 0.481 e. The van der Waals surface area contributed by atoms with Crippen molar-refractivity contribution in [2.75, 3.05) is 5.32 Å². The number of hydrogen-bond acceptors (Lipinski definition) is 2. The molecule has 2 N–H and O–H groups in total. The first-order valence-corrected chi connectivity index (χ1v) is 5.94. The summed E-state index contributed by atoms with van der Waals surface area (Å²) in [4.78, 5) is 11.3. The SMILES string of the molecule is O=C(O)C1CC(C2CC2)Nc2cc(F)ccc21. The van der Waals surface area contributed by atoms with Crippen LogP contribution in [0.5, 0.6) is 0 Å². The number of rotatable bonds is 2. The predicted molar refractivity (Wildman–Crippen MR) is 61.5 cm³/mol. The number of carboxylic acids is 1. The van der Waals surface area contributed by atoms with E-state index in [1.165, 1.54) is 12.1 Å². The van der Waals surface area contributed by atoms with Gasteiger partial charge in [-0.2, -0.15) is 0 Å². The Labute approximate surface area is 98.6 Å². The molecule has 0 bridgehead atoms. The van der Waals surface area contributed by atoms with Crippen LogP contribution in [-0.4, -0.2) is 17.1 Å². The van der Waals surface area contributed by atoms with Gasteiger partial charge in [-0.1, -0.05) is 6.07 Å². The van der Waals surface area contributed by atoms with Crippen LogP contribution >= 0.6 is 0 Å². The van der Waals surface area contributed by atoms with Crippen LogP contribution in [0.15, 0.2) is 18.2 Å². The van der Waals surface area contributed by atoms with Crippen molar-refractivity contribution in [3.8, 4) is 0 Å². The molecule has 1 aromatic rings. The molecule has 1 saturated carbocycles. The Hall–Kier alpha value is -1.58. The molecule has 0 aromatic heterocycles. The Morgan fingerprint density at radius 1 is 1.41 bits per heavy atom. The summed E-state index contributed by atoms with van der Waals surface area (Å²) in [5.41, 5.74) is 1.36. The molecule has 4 heteroatoms. The van der Waals surface area contributed by atoms with Crippen LogP contribution in [0.4, 0.5) is 10.1 Å². The Morgan fingerprint density at radius 2 is 2.18 bits per heavy atom. The summed E-state index contributed by atoms with van der Waals surface area (Å²) in [5, 5.41) is 12.5. The number of hydrogen-bond donors (Lipinski definition) is 2. The van der Waals surface area contributed by atoms with Gasteiger partial charge >= 0.3 is 5.97 Å². The Morgan fingerprint density at radius 3 is 2.82 bits per heavy atom. The molecular formula is C13H14FNO2. The molecule has 1 fully saturated rings. The molecule has 1 aliphatic carbocycles. The maximum absolute atomic E-state index is 13.2. The van der Waals surface area contributed by atoms with Gasteiger partial charge in [0.15, 0.2) is 0 Å². The van der Waals surface area contributed by atoms with Crippen LogP contribution in [0.25, 0.3) is 0 Å². The summed E-state index contributed by atoms with van der Waals surface area (Å²) >= 11 is 0. The summed E-state index contributed by atoms with van der Waals surface area (Å²) in [6.07, 6.45) is 2.90. The molecule has 3 rings (SSSR count). The van der Waals surface area contributed by atoms with Gasteiger partial charge in [0, 0.05) is 11.7 Å². The highest BCUT2D eigenvalue weighted by molar-refractivity contribution is 5.80. The van der Waals surface area contributed by atoms with E-state index in [-0.39, 0.29) is 11.9 Å². The second-order valence-electron chi connectivity index (χ2n) is 4.95. The number of anilines is 1. The average molecular weight is 235 g/mol. The summed E-state index contributed by atoms with van der Waals surface area (Å²) < 4.78 is 13.2. The highest BCUT2D eigenvalue weighted by atomic mass is 19.1. The van der Waals surface area contributed by atoms with E-state index in [1.807, 2.05) is 0 Å². The molecule has 0 spiro atoms. The van der Waals surface area contributed by atoms with Gasteiger partial charge in [-0.25, -0.2) is 4.39 Å². The smallest absolute Gasteiger partial charge is 0.311 e. The molecule has 2 atom stereocenters. The lowest BCUT2D eigenvalue weighted by Gasteiger charge is -2.31. The summed E-state index contributed by atoms with van der Waals surface area (Å²) in [6.45, 7) is 0. The highest BCUT2D eigenvalue weighted by Gasteiger charge is 2.39. The second kappa shape index (κ2) is 3.72. The van der Waals surface area contributed by atoms with Crippen molar-refractivity contribution >= 4 is 11.7 Å². The van der Waals surface area contributed by atoms with Crippen LogP contribution in [0.3, 0.4) is 0 Å². The van der Waals surface area contributed by atoms with Gasteiger partial charge in [-0.05, 0) is 42.9 Å². The highest BCUT2D eigenvalue weighted by Crippen LogP contribution is 2.43. The fourth-order valence-electron chi connectivity index (χ4n) is 2.64. The molecule has 17 heavy (non-hydrogen) atoms. The minimum Gasteiger partial charge on any atom is -0.481 e. The summed E-state index contributed by atoms with van der Waals surface area (Å²) in [7, 11) is 0. The van der Waals surface area contributed by atoms with Crippen molar-refractivity contribution in [2.24, 2.45) is 5.92 Å². The molecule has 0 amide bonds. The summed E-state index contributed by atoms with van der Waals surface area (Å²) in [5.74, 6) is -1.08. The van der Waals surface area contributed by atoms with Gasteiger partial charge in [0.25, 0.3) is 0 Å². The molecule has 1 aromatic carbocycles. The first-order chi connectivity index (χ1) is 8.15. The fourth-order valence-corrected chi connectivity index (χ4v) is 2.64. The lowest BCUT2D eigenvalue weighted by atomic mass is 9.85. The average Bonchev–Trinajstić information content (AvgIpc) is 3.10. The van der Waals surface area contributed by atoms with Crippen molar-refractivity contribution in [3.05, 3.63) is 29.6 Å². The zero-order valence-corrected chi connectivity index (χ0v) is 9.32. The normalized spacial score (nSPS) is 27.1. The van der Waals surface area contributed by atoms with Gasteiger partial charge in [-0.15, -0.1) is 0 Å². The van der Waals surface area contributed by atoms with E-state index in [2.05, 4.69) is 5.32 Å². The quantitative estimate of drug-likeness (QED) is 0.828. The molecule has 2 unspecified atom stereocenters. The van der Waals surface area contributed by atoms with Gasteiger partial charge < -0.3 is 10.4 Å². The molecule has 3 nitrogen and oxygen atoms in total. The second-order valence-corrected chi connectivity index (χ2v) is 4.95. The Balaban J connectivity index is 1.98. The Kier molecular flexibility index (Phi) is 2.31. The minimum absolute atomic E-state index is 0.186. The predicted octanol–water partition coefficient (Wildman–Crippen LogP) is 2.59. The zero-order chi connectivity index (χ0) is 12.0. The Bertz CT molecular complexity index is 470. The number of benzene rings is 1. The lowest BCUT2D eigenvalue weighted by molar-refractivity contribution is -0.139. The van der Waals surface area contributed by atoms with E-state index in [9.17, 15) is 14.3 Å². The molecule has 1 aliphatic heterocycles. The van der Waals surface area contributed by atoms with Crippen molar-refractivity contribution < 1.29 is 14.3 Å². The molecule has 90 valence electrons. The first kappa shape index (κ1) is 10.6. The van der Waals surface area contributed by atoms with Crippen molar-refractivity contribution in [1.29, 1.82) is 0 Å². The van der Waals surface area contributed by atoms with E-state index in [4.69, 9.17) is 0 Å². The van der Waals surface area contributed by atoms with Gasteiger partial charge in [0.2, 0.25) is 0 Å². The molecule has 0 saturated heterocycles. The van der Waals surface area contributed by atoms with Gasteiger partial charge in [0.1, 0.15) is 5.82 Å². The molecule has 2 aliphatic rings. The fraction of sp³-hybridized carbons (Fsp3) is 0.462. The van der Waals surface area contributed by atoms with Crippen LogP contribution in [0.1, 0.15) is 30.7 Å². The summed E-state index contributed by atoms with van der Waals surface area (Å²) in [6, 6.07) is 4.50. The standard InChI is InChI=1S/C13H14FNO2/c14-8-3-4-9-10(13(16)17)6-11(7-1-2-7)15-12(9)5-8/h3-5,7,10-11,15H,1-2,6H2,(H,16,17). The zero-order valence-electron chi connectivity index (χ0n) is 9.32. The van der Waals surface area contributed by atoms with Crippen LogP contribution in [0, 0.1) is 11.7 Å². The molecular weight excluding hydrogens is 221 g/mol. The van der Waals surface area contributed by atoms with Crippen LogP contribution in [-0.2, 0) is 4.79 Å². The molecule has 0 radical (unpaired) electrons. The number of carbonyl (C=O) groups is 1. The van der Waals surface area contributed by atoms with E-state index in [0.717, 1.165) is 12.8 Å². The molecule has 1 heterocycles. The topological polar surface area (TPSA) is 49.3 Å². The van der Waals surface area contributed by atoms with Gasteiger partial charge in [0.05, 0.1) is 5.92 Å². The minimum atomic E-state index is -0.815. The third kappa shape index (κ3) is 1.88. The first-order valence-electron chi connectivity index (χ1n) is 5.94. The number of halogens is 1. The maximum atomic E-state index is 13.2. The van der Waals surface area contributed by atoms with Crippen LogP contribution in [0.2, 0.25) is 0 Å². The number of nitrogens with one attached hydrogen (secondary N) is 1.